The molecule has 0 fully saturated rings. The summed E-state index contributed by atoms with van der Waals surface area (Å²) in [6.07, 6.45) is 2.63. The van der Waals surface area contributed by atoms with Crippen molar-refractivity contribution in [1.29, 1.82) is 0 Å². The highest BCUT2D eigenvalue weighted by atomic mass is 32.3. The van der Waals surface area contributed by atoms with E-state index in [9.17, 15) is 0 Å². The van der Waals surface area contributed by atoms with Crippen molar-refractivity contribution in [3.8, 4) is 5.75 Å². The molecule has 0 heterocycles. The van der Waals surface area contributed by atoms with Crippen LogP contribution in [0.1, 0.15) is 5.56 Å². The van der Waals surface area contributed by atoms with Gasteiger partial charge in [0, 0.05) is 0 Å². The number of rotatable bonds is 5. The largest absolute Gasteiger partial charge is 0.491 e. The molecule has 1 aromatic carbocycles. The molecule has 0 aliphatic carbocycles. The van der Waals surface area contributed by atoms with E-state index in [2.05, 4.69) is 6.58 Å². The Kier molecular flexibility index (Phi) is 7.97. The van der Waals surface area contributed by atoms with Gasteiger partial charge in [0.25, 0.3) is 0 Å². The Bertz CT molecular complexity index is 446. The molecule has 0 saturated carbocycles. The van der Waals surface area contributed by atoms with Crippen LogP contribution in [0, 0.1) is 0 Å². The Hall–Kier alpha value is -1.41. The molecule has 1 aromatic rings. The van der Waals surface area contributed by atoms with Crippen LogP contribution in [0.2, 0.25) is 0 Å². The predicted molar refractivity (Wildman–Crippen MR) is 67.1 cm³/mol. The summed E-state index contributed by atoms with van der Waals surface area (Å²) in [4.78, 5) is 0. The monoisotopic (exact) mass is 276 g/mol. The van der Waals surface area contributed by atoms with E-state index in [1.807, 2.05) is 30.3 Å². The predicted octanol–water partition coefficient (Wildman–Crippen LogP) is 1.13. The number of allylic oxidation sites excluding steroid dienone is 1. The maximum atomic E-state index is 8.74. The number of hydrogen-bond donors (Lipinski definition) is 3. The Labute approximate surface area is 106 Å². The molecular weight excluding hydrogens is 260 g/mol. The van der Waals surface area contributed by atoms with Gasteiger partial charge in [-0.3, -0.25) is 9.11 Å². The van der Waals surface area contributed by atoms with Crippen LogP contribution in [0.3, 0.4) is 0 Å². The van der Waals surface area contributed by atoms with Gasteiger partial charge in [-0.05, 0) is 18.1 Å². The molecule has 18 heavy (non-hydrogen) atoms. The molecule has 0 amide bonds. The van der Waals surface area contributed by atoms with Crippen molar-refractivity contribution >= 4 is 10.4 Å². The van der Waals surface area contributed by atoms with Gasteiger partial charge < -0.3 is 9.84 Å². The summed E-state index contributed by atoms with van der Waals surface area (Å²) in [6, 6.07) is 7.77. The lowest BCUT2D eigenvalue weighted by Gasteiger charge is -2.08. The first kappa shape index (κ1) is 16.6. The maximum absolute atomic E-state index is 8.74. The summed E-state index contributed by atoms with van der Waals surface area (Å²) < 4.78 is 36.9. The summed E-state index contributed by atoms with van der Waals surface area (Å²) >= 11 is 0. The molecule has 0 radical (unpaired) electrons. The molecule has 6 nitrogen and oxygen atoms in total. The van der Waals surface area contributed by atoms with Crippen molar-refractivity contribution in [3.63, 3.8) is 0 Å². The molecule has 7 heteroatoms. The zero-order chi connectivity index (χ0) is 14.0. The SMILES string of the molecule is C=CCc1ccccc1OCCO.O=S(=O)(O)O. The normalized spacial score (nSPS) is 10.2. The molecular formula is C11H16O6S. The first-order valence-corrected chi connectivity index (χ1v) is 6.40. The molecule has 1 rings (SSSR count). The van der Waals surface area contributed by atoms with Crippen molar-refractivity contribution < 1.29 is 27.4 Å². The van der Waals surface area contributed by atoms with Gasteiger partial charge >= 0.3 is 10.4 Å². The van der Waals surface area contributed by atoms with Gasteiger partial charge in [-0.1, -0.05) is 24.3 Å². The molecule has 102 valence electrons. The van der Waals surface area contributed by atoms with Crippen molar-refractivity contribution in [1.82, 2.24) is 0 Å². The van der Waals surface area contributed by atoms with E-state index < -0.39 is 10.4 Å². The topological polar surface area (TPSA) is 104 Å². The van der Waals surface area contributed by atoms with E-state index in [0.29, 0.717) is 6.61 Å². The van der Waals surface area contributed by atoms with Crippen molar-refractivity contribution in [2.24, 2.45) is 0 Å². The lowest BCUT2D eigenvalue weighted by molar-refractivity contribution is 0.200. The molecule has 3 N–H and O–H groups in total. The number of benzene rings is 1. The summed E-state index contributed by atoms with van der Waals surface area (Å²) in [5, 5.41) is 8.60. The quantitative estimate of drug-likeness (QED) is 0.550. The van der Waals surface area contributed by atoms with Crippen LogP contribution in [0.15, 0.2) is 36.9 Å². The molecule has 0 aliphatic rings. The first-order chi connectivity index (χ1) is 8.38. The Balaban J connectivity index is 0.000000494. The van der Waals surface area contributed by atoms with Crippen LogP contribution in [0.4, 0.5) is 0 Å². The number of aliphatic hydroxyl groups excluding tert-OH is 1. The fraction of sp³-hybridized carbons (Fsp3) is 0.273. The summed E-state index contributed by atoms with van der Waals surface area (Å²) in [7, 11) is -4.67. The molecule has 0 bridgehead atoms. The number of aliphatic hydroxyl groups is 1. The van der Waals surface area contributed by atoms with Crippen molar-refractivity contribution in [3.05, 3.63) is 42.5 Å². The Morgan fingerprint density at radius 2 is 1.83 bits per heavy atom. The third-order valence-corrected chi connectivity index (χ3v) is 1.69. The number of para-hydroxylation sites is 1. The third kappa shape index (κ3) is 9.79. The van der Waals surface area contributed by atoms with Gasteiger partial charge in [-0.25, -0.2) is 0 Å². The van der Waals surface area contributed by atoms with Crippen LogP contribution in [0.25, 0.3) is 0 Å². The van der Waals surface area contributed by atoms with Gasteiger partial charge in [0.2, 0.25) is 0 Å². The molecule has 0 spiro atoms. The minimum atomic E-state index is -4.67. The average molecular weight is 276 g/mol. The second kappa shape index (κ2) is 8.65. The lowest BCUT2D eigenvalue weighted by Crippen LogP contribution is -2.03. The minimum Gasteiger partial charge on any atom is -0.491 e. The zero-order valence-corrected chi connectivity index (χ0v) is 10.5. The molecule has 0 aromatic heterocycles. The minimum absolute atomic E-state index is 0.0441. The van der Waals surface area contributed by atoms with E-state index in [1.165, 1.54) is 0 Å². The summed E-state index contributed by atoms with van der Waals surface area (Å²) in [5.74, 6) is 0.830. The highest BCUT2D eigenvalue weighted by Gasteiger charge is 1.99. The van der Waals surface area contributed by atoms with Crippen LogP contribution in [0.5, 0.6) is 5.75 Å². The van der Waals surface area contributed by atoms with E-state index in [0.717, 1.165) is 17.7 Å². The number of ether oxygens (including phenoxy) is 1. The van der Waals surface area contributed by atoms with Gasteiger partial charge in [0.1, 0.15) is 12.4 Å². The van der Waals surface area contributed by atoms with Gasteiger partial charge in [0.05, 0.1) is 6.61 Å². The molecule has 0 saturated heterocycles. The highest BCUT2D eigenvalue weighted by molar-refractivity contribution is 7.79. The van der Waals surface area contributed by atoms with E-state index in [-0.39, 0.29) is 6.61 Å². The average Bonchev–Trinajstić information content (AvgIpc) is 2.26. The zero-order valence-electron chi connectivity index (χ0n) is 9.69. The maximum Gasteiger partial charge on any atom is 0.394 e. The van der Waals surface area contributed by atoms with Gasteiger partial charge in [-0.2, -0.15) is 8.42 Å². The number of hydrogen-bond acceptors (Lipinski definition) is 4. The Morgan fingerprint density at radius 3 is 2.33 bits per heavy atom. The van der Waals surface area contributed by atoms with Crippen LogP contribution in [-0.4, -0.2) is 35.8 Å². The highest BCUT2D eigenvalue weighted by Crippen LogP contribution is 2.18. The van der Waals surface area contributed by atoms with Crippen molar-refractivity contribution in [2.75, 3.05) is 13.2 Å². The molecule has 0 unspecified atom stereocenters. The smallest absolute Gasteiger partial charge is 0.394 e. The first-order valence-electron chi connectivity index (χ1n) is 5.00. The van der Waals surface area contributed by atoms with E-state index in [4.69, 9.17) is 27.4 Å². The molecule has 0 atom stereocenters. The standard InChI is InChI=1S/C11H14O2.H2O4S/c1-2-5-10-6-3-4-7-11(10)13-9-8-12;1-5(2,3)4/h2-4,6-7,12H,1,5,8-9H2;(H2,1,2,3,4). The van der Waals surface area contributed by atoms with Crippen LogP contribution >= 0.6 is 0 Å². The second-order valence-electron chi connectivity index (χ2n) is 3.12. The van der Waals surface area contributed by atoms with Gasteiger partial charge in [0.15, 0.2) is 0 Å². The van der Waals surface area contributed by atoms with Crippen molar-refractivity contribution in [2.45, 2.75) is 6.42 Å². The van der Waals surface area contributed by atoms with E-state index >= 15 is 0 Å². The Morgan fingerprint density at radius 1 is 1.28 bits per heavy atom. The summed E-state index contributed by atoms with van der Waals surface area (Å²) in [5.41, 5.74) is 1.10. The molecule has 0 aliphatic heterocycles. The fourth-order valence-electron chi connectivity index (χ4n) is 1.12. The van der Waals surface area contributed by atoms with Crippen LogP contribution in [-0.2, 0) is 16.8 Å². The fourth-order valence-corrected chi connectivity index (χ4v) is 1.12. The summed E-state index contributed by atoms with van der Waals surface area (Å²) in [6.45, 7) is 4.06. The van der Waals surface area contributed by atoms with Crippen LogP contribution < -0.4 is 4.74 Å². The lowest BCUT2D eigenvalue weighted by atomic mass is 10.1. The third-order valence-electron chi connectivity index (χ3n) is 1.69. The van der Waals surface area contributed by atoms with E-state index in [1.54, 1.807) is 0 Å². The second-order valence-corrected chi connectivity index (χ2v) is 4.02. The van der Waals surface area contributed by atoms with Gasteiger partial charge in [-0.15, -0.1) is 6.58 Å².